The van der Waals surface area contributed by atoms with Crippen LogP contribution in [-0.2, 0) is 34.0 Å². The molecule has 3 atom stereocenters. The number of fused-ring (bicyclic) bond motifs is 7. The molecular formula is C56H67N7O9. The minimum absolute atomic E-state index is 0.00845. The van der Waals surface area contributed by atoms with Gasteiger partial charge in [-0.3, -0.25) is 29.1 Å². The molecule has 0 fully saturated rings. The van der Waals surface area contributed by atoms with Crippen molar-refractivity contribution in [2.45, 2.75) is 110 Å². The first-order valence-corrected chi connectivity index (χ1v) is 24.9. The summed E-state index contributed by atoms with van der Waals surface area (Å²) in [5, 5.41) is 11.9. The summed E-state index contributed by atoms with van der Waals surface area (Å²) in [5.41, 5.74) is 8.55. The Morgan fingerprint density at radius 2 is 1.56 bits per heavy atom. The first-order chi connectivity index (χ1) is 34.9. The summed E-state index contributed by atoms with van der Waals surface area (Å²) < 4.78 is 24.3. The largest absolute Gasteiger partial charge is 0.493 e. The van der Waals surface area contributed by atoms with E-state index in [0.717, 1.165) is 66.6 Å². The van der Waals surface area contributed by atoms with E-state index in [2.05, 4.69) is 47.3 Å². The minimum atomic E-state index is -0.432. The van der Waals surface area contributed by atoms with Crippen molar-refractivity contribution in [1.82, 2.24) is 15.5 Å². The zero-order chi connectivity index (χ0) is 51.3. The molecule has 4 heterocycles. The molecule has 9 rings (SSSR count). The van der Waals surface area contributed by atoms with E-state index in [1.807, 2.05) is 71.5 Å². The van der Waals surface area contributed by atoms with Gasteiger partial charge in [-0.05, 0) is 111 Å². The Labute approximate surface area is 422 Å². The number of anilines is 3. The van der Waals surface area contributed by atoms with Gasteiger partial charge in [0.05, 0.1) is 61.4 Å². The molecule has 0 saturated heterocycles. The van der Waals surface area contributed by atoms with Crippen LogP contribution in [0.2, 0.25) is 0 Å². The Hall–Kier alpha value is -7.46. The predicted molar refractivity (Wildman–Crippen MR) is 280 cm³/mol. The van der Waals surface area contributed by atoms with E-state index in [9.17, 15) is 24.0 Å². The Kier molecular flexibility index (Phi) is 17.9. The van der Waals surface area contributed by atoms with Crippen LogP contribution in [0.15, 0.2) is 95.1 Å². The van der Waals surface area contributed by atoms with Crippen molar-refractivity contribution < 1.29 is 42.9 Å². The van der Waals surface area contributed by atoms with Gasteiger partial charge in [-0.25, -0.2) is 0 Å². The number of nitrogens with zero attached hydrogens (tertiary/aromatic N) is 3. The van der Waals surface area contributed by atoms with E-state index < -0.39 is 6.04 Å². The quantitative estimate of drug-likeness (QED) is 0.0786. The number of rotatable bonds is 16. The van der Waals surface area contributed by atoms with Crippen LogP contribution in [0.25, 0.3) is 0 Å². The van der Waals surface area contributed by atoms with Gasteiger partial charge in [0, 0.05) is 48.4 Å². The maximum atomic E-state index is 14.0. The van der Waals surface area contributed by atoms with Gasteiger partial charge in [0.25, 0.3) is 11.8 Å². The van der Waals surface area contributed by atoms with Crippen LogP contribution in [0.5, 0.6) is 23.0 Å². The standard InChI is InChI=1S/C46H46N6O7.C7H13NO2.C3H8/c1-26(47-2)44(53)50-31-14-27(24-58-42-20-36-34(18-40(42)56-3)45(54)51-32(22-48-36)16-29-9-5-7-11-38(29)51)13-28(15-31)25-59-43-21-37-35(19-41(43)57-4)46(55)52-33(23-49-37)17-30-10-6-8-12-39(30)52;1-2-3-4-7(10)8-5-6-9;1-3-2/h5,7-9,11-15,18-21,23,26,32-33,47-48H,6,10,16-17,22,24-25H2,1-4H3,(H,50,53);6H,2-5H2,1H3,(H,8,10);3H2,1-2H3/t26?,32?,33-;;/m0../s1. The van der Waals surface area contributed by atoms with Crippen molar-refractivity contribution in [2.75, 3.05) is 49.9 Å². The van der Waals surface area contributed by atoms with Gasteiger partial charge in [-0.1, -0.05) is 57.9 Å². The fourth-order valence-corrected chi connectivity index (χ4v) is 9.15. The van der Waals surface area contributed by atoms with E-state index >= 15 is 0 Å². The molecule has 4 aromatic rings. The van der Waals surface area contributed by atoms with Crippen LogP contribution in [0.3, 0.4) is 0 Å². The summed E-state index contributed by atoms with van der Waals surface area (Å²) in [6.45, 7) is 9.00. The predicted octanol–water partition coefficient (Wildman–Crippen LogP) is 8.85. The lowest BCUT2D eigenvalue weighted by molar-refractivity contribution is -0.122. The number of aldehydes is 1. The van der Waals surface area contributed by atoms with Gasteiger partial charge in [0.15, 0.2) is 23.0 Å². The highest BCUT2D eigenvalue weighted by molar-refractivity contribution is 6.12. The molecule has 0 spiro atoms. The number of amides is 4. The Balaban J connectivity index is 0.000000519. The summed E-state index contributed by atoms with van der Waals surface area (Å²) in [4.78, 5) is 69.9. The Morgan fingerprint density at radius 3 is 2.24 bits per heavy atom. The molecule has 16 nitrogen and oxygen atoms in total. The zero-order valence-electron chi connectivity index (χ0n) is 42.4. The third-order valence-corrected chi connectivity index (χ3v) is 12.8. The van der Waals surface area contributed by atoms with Crippen LogP contribution in [0, 0.1) is 0 Å². The summed E-state index contributed by atoms with van der Waals surface area (Å²) >= 11 is 0. The highest BCUT2D eigenvalue weighted by atomic mass is 16.5. The summed E-state index contributed by atoms with van der Waals surface area (Å²) in [6.07, 6.45) is 13.9. The first-order valence-electron chi connectivity index (χ1n) is 24.9. The normalized spacial score (nSPS) is 17.0. The van der Waals surface area contributed by atoms with Crippen molar-refractivity contribution in [3.63, 3.8) is 0 Å². The van der Waals surface area contributed by atoms with E-state index in [0.29, 0.717) is 70.4 Å². The molecule has 380 valence electrons. The van der Waals surface area contributed by atoms with Gasteiger partial charge in [-0.15, -0.1) is 0 Å². The molecule has 16 heteroatoms. The van der Waals surface area contributed by atoms with E-state index in [1.54, 1.807) is 46.4 Å². The number of para-hydroxylation sites is 1. The number of unbranched alkanes of at least 4 members (excludes halogenated alkanes) is 1. The molecule has 4 N–H and O–H groups in total. The molecule has 4 amide bonds. The highest BCUT2D eigenvalue weighted by Crippen LogP contribution is 2.43. The second kappa shape index (κ2) is 24.6. The molecule has 4 aliphatic heterocycles. The van der Waals surface area contributed by atoms with Gasteiger partial charge in [-0.2, -0.15) is 0 Å². The second-order valence-corrected chi connectivity index (χ2v) is 18.2. The molecular weight excluding hydrogens is 915 g/mol. The fourth-order valence-electron chi connectivity index (χ4n) is 9.15. The van der Waals surface area contributed by atoms with Gasteiger partial charge in [0.1, 0.15) is 19.5 Å². The average Bonchev–Trinajstić information content (AvgIpc) is 3.89. The number of carbonyl (C=O) groups is 5. The topological polar surface area (TPSA) is 189 Å². The van der Waals surface area contributed by atoms with E-state index in [4.69, 9.17) is 23.9 Å². The van der Waals surface area contributed by atoms with Crippen molar-refractivity contribution in [3.05, 3.63) is 118 Å². The van der Waals surface area contributed by atoms with Crippen molar-refractivity contribution >= 4 is 58.9 Å². The number of nitrogens with one attached hydrogen (secondary N) is 4. The van der Waals surface area contributed by atoms with Crippen molar-refractivity contribution in [3.8, 4) is 23.0 Å². The highest BCUT2D eigenvalue weighted by Gasteiger charge is 2.39. The summed E-state index contributed by atoms with van der Waals surface area (Å²) in [7, 11) is 4.82. The smallest absolute Gasteiger partial charge is 0.261 e. The summed E-state index contributed by atoms with van der Waals surface area (Å²) in [5.74, 6) is 1.26. The van der Waals surface area contributed by atoms with E-state index in [1.165, 1.54) is 12.0 Å². The van der Waals surface area contributed by atoms with Crippen LogP contribution in [-0.4, -0.2) is 93.5 Å². The molecule has 72 heavy (non-hydrogen) atoms. The number of allylic oxidation sites excluding steroid dienone is 2. The van der Waals surface area contributed by atoms with Gasteiger partial charge in [0.2, 0.25) is 11.8 Å². The Morgan fingerprint density at radius 1 is 0.875 bits per heavy atom. The van der Waals surface area contributed by atoms with Gasteiger partial charge >= 0.3 is 0 Å². The fraction of sp³-hybridized carbons (Fsp3) is 0.393. The van der Waals surface area contributed by atoms with Crippen LogP contribution in [0.4, 0.5) is 22.7 Å². The third-order valence-electron chi connectivity index (χ3n) is 12.8. The maximum Gasteiger partial charge on any atom is 0.261 e. The van der Waals surface area contributed by atoms with E-state index in [-0.39, 0.29) is 55.5 Å². The van der Waals surface area contributed by atoms with Crippen molar-refractivity contribution in [1.29, 1.82) is 0 Å². The number of ether oxygens (including phenoxy) is 4. The molecule has 0 aromatic heterocycles. The zero-order valence-corrected chi connectivity index (χ0v) is 42.4. The van der Waals surface area contributed by atoms with Gasteiger partial charge < -0.3 is 49.9 Å². The average molecular weight is 982 g/mol. The third kappa shape index (κ3) is 12.0. The molecule has 0 radical (unpaired) electrons. The molecule has 4 aromatic carbocycles. The van der Waals surface area contributed by atoms with Crippen LogP contribution < -0.4 is 45.1 Å². The number of carbonyl (C=O) groups excluding carboxylic acids is 5. The summed E-state index contributed by atoms with van der Waals surface area (Å²) in [6, 6.07) is 20.1. The molecule has 0 saturated carbocycles. The minimum Gasteiger partial charge on any atom is -0.493 e. The lowest BCUT2D eigenvalue weighted by Crippen LogP contribution is -2.39. The SMILES string of the molecule is CCC.CCCCC(=O)NCC=O.CNC(C)C(=O)Nc1cc(COc2cc3c(cc2OC)C(=O)N2C4=C(CCC=C4)C[C@H]2C=N3)cc(COc2cc3c(cc2OC)C(=O)N2c4ccccc4CC2CN3)c1. The maximum absolute atomic E-state index is 14.0. The van der Waals surface area contributed by atoms with Crippen molar-refractivity contribution in [2.24, 2.45) is 4.99 Å². The second-order valence-electron chi connectivity index (χ2n) is 18.2. The number of hydrogen-bond acceptors (Lipinski definition) is 12. The lowest BCUT2D eigenvalue weighted by Gasteiger charge is -2.24. The molecule has 1 aliphatic carbocycles. The number of hydrogen-bond donors (Lipinski definition) is 4. The number of methoxy groups -OCH3 is 2. The molecule has 0 bridgehead atoms. The molecule has 5 aliphatic rings. The number of aliphatic imine (C=N–C) groups is 1. The van der Waals surface area contributed by atoms with Crippen LogP contribution in [0.1, 0.15) is 110 Å². The molecule has 2 unspecified atom stereocenters. The number of likely N-dealkylation sites (N-methyl/N-ethyl adjacent to an activating group) is 1. The Bertz CT molecular complexity index is 2750. The van der Waals surface area contributed by atoms with Crippen LogP contribution >= 0.6 is 0 Å². The number of benzene rings is 4. The monoisotopic (exact) mass is 982 g/mol. The first kappa shape index (κ1) is 52.4. The lowest BCUT2D eigenvalue weighted by atomic mass is 10.0.